The fraction of sp³-hybridized carbons (Fsp3) is 0.393. The minimum atomic E-state index is -1.13. The highest BCUT2D eigenvalue weighted by molar-refractivity contribution is 8.03. The maximum Gasteiger partial charge on any atom is 0.320 e. The van der Waals surface area contributed by atoms with Crippen LogP contribution in [0, 0.1) is 10.8 Å². The number of fused-ring (bicyclic) bond motifs is 3. The fourth-order valence-corrected chi connectivity index (χ4v) is 5.67. The van der Waals surface area contributed by atoms with Gasteiger partial charge < -0.3 is 15.5 Å². The van der Waals surface area contributed by atoms with E-state index in [1.807, 2.05) is 63.2 Å². The Labute approximate surface area is 216 Å². The molecule has 0 bridgehead atoms. The molecule has 1 amide bonds. The van der Waals surface area contributed by atoms with E-state index in [0.29, 0.717) is 35.8 Å². The number of aliphatic hydroxyl groups excluding tert-OH is 1. The van der Waals surface area contributed by atoms with Gasteiger partial charge in [-0.1, -0.05) is 63.7 Å². The Balaban J connectivity index is 1.41. The van der Waals surface area contributed by atoms with Crippen molar-refractivity contribution in [3.63, 3.8) is 0 Å². The first kappa shape index (κ1) is 26.1. The zero-order chi connectivity index (χ0) is 26.2. The van der Waals surface area contributed by atoms with Gasteiger partial charge in [0.25, 0.3) is 5.91 Å². The number of carbonyl (C=O) groups excluding carboxylic acids is 1. The monoisotopic (exact) mass is 507 g/mol. The molecule has 8 heteroatoms. The lowest BCUT2D eigenvalue weighted by Crippen LogP contribution is -2.59. The first-order valence-electron chi connectivity index (χ1n) is 12.1. The van der Waals surface area contributed by atoms with Crippen LogP contribution in [0.3, 0.4) is 0 Å². The summed E-state index contributed by atoms with van der Waals surface area (Å²) >= 11 is 1.30. The highest BCUT2D eigenvalue weighted by atomic mass is 32.2. The van der Waals surface area contributed by atoms with E-state index in [4.69, 9.17) is 5.41 Å². The first-order valence-corrected chi connectivity index (χ1v) is 13.1. The first-order chi connectivity index (χ1) is 17.0. The van der Waals surface area contributed by atoms with Gasteiger partial charge in [-0.3, -0.25) is 19.9 Å². The molecule has 36 heavy (non-hydrogen) atoms. The minimum absolute atomic E-state index is 0.312. The Morgan fingerprint density at radius 1 is 1.17 bits per heavy atom. The van der Waals surface area contributed by atoms with Gasteiger partial charge in [0.15, 0.2) is 0 Å². The standard InChI is InChI=1S/C28H33N3O4S/c1-16(25(32)30-24(28(2,3)4)26(33)31-13-7-10-22(31)27(34)35)36-15-17-11-12-19-18-8-5-6-9-20(18)23(29)21(19)14-17/h5-6,8-9,11-12,14,22,24,26,29,33H,1,7,10,13,15H2,2-4H3,(H,30,32)(H,34,35)/t22?,24-,26?/m1/s1. The molecule has 1 fully saturated rings. The molecule has 190 valence electrons. The van der Waals surface area contributed by atoms with Crippen LogP contribution in [0.4, 0.5) is 0 Å². The highest BCUT2D eigenvalue weighted by Gasteiger charge is 2.42. The van der Waals surface area contributed by atoms with Crippen molar-refractivity contribution in [3.8, 4) is 11.1 Å². The van der Waals surface area contributed by atoms with Gasteiger partial charge in [0.05, 0.1) is 16.7 Å². The quantitative estimate of drug-likeness (QED) is 0.340. The summed E-state index contributed by atoms with van der Waals surface area (Å²) in [6.45, 7) is 10.1. The molecule has 2 unspecified atom stereocenters. The lowest BCUT2D eigenvalue weighted by molar-refractivity contribution is -0.148. The molecule has 1 aliphatic carbocycles. The van der Waals surface area contributed by atoms with E-state index in [1.165, 1.54) is 11.8 Å². The van der Waals surface area contributed by atoms with E-state index in [2.05, 4.69) is 11.9 Å². The van der Waals surface area contributed by atoms with Gasteiger partial charge in [0.2, 0.25) is 0 Å². The smallest absolute Gasteiger partial charge is 0.320 e. The van der Waals surface area contributed by atoms with E-state index in [1.54, 1.807) is 4.90 Å². The van der Waals surface area contributed by atoms with Crippen LogP contribution in [-0.2, 0) is 15.3 Å². The summed E-state index contributed by atoms with van der Waals surface area (Å²) in [4.78, 5) is 26.5. The van der Waals surface area contributed by atoms with E-state index >= 15 is 0 Å². The molecule has 2 aromatic carbocycles. The van der Waals surface area contributed by atoms with Crippen LogP contribution < -0.4 is 5.32 Å². The number of amides is 1. The molecule has 0 radical (unpaired) electrons. The predicted octanol–water partition coefficient (Wildman–Crippen LogP) is 4.23. The Hall–Kier alpha value is -2.94. The van der Waals surface area contributed by atoms with Crippen molar-refractivity contribution in [3.05, 3.63) is 70.6 Å². The van der Waals surface area contributed by atoms with Gasteiger partial charge in [-0.2, -0.15) is 0 Å². The molecule has 7 nitrogen and oxygen atoms in total. The number of nitrogens with one attached hydrogen (secondary N) is 2. The maximum absolute atomic E-state index is 13.0. The molecule has 2 aromatic rings. The number of carbonyl (C=O) groups is 2. The third-order valence-electron chi connectivity index (χ3n) is 6.94. The third kappa shape index (κ3) is 5.12. The summed E-state index contributed by atoms with van der Waals surface area (Å²) in [5.74, 6) is -0.832. The number of carboxylic acid groups (broad SMARTS) is 1. The van der Waals surface area contributed by atoms with Crippen molar-refractivity contribution in [1.29, 1.82) is 5.41 Å². The number of thioether (sulfide) groups is 1. The molecular weight excluding hydrogens is 474 g/mol. The number of nitrogens with zero attached hydrogens (tertiary/aromatic N) is 1. The van der Waals surface area contributed by atoms with Gasteiger partial charge in [0, 0.05) is 23.4 Å². The molecular formula is C28H33N3O4S. The second kappa shape index (κ2) is 10.2. The number of likely N-dealkylation sites (tertiary alicyclic amines) is 1. The Kier molecular flexibility index (Phi) is 7.41. The predicted molar refractivity (Wildman–Crippen MR) is 143 cm³/mol. The molecule has 4 rings (SSSR count). The van der Waals surface area contributed by atoms with Crippen molar-refractivity contribution >= 4 is 29.4 Å². The summed E-state index contributed by atoms with van der Waals surface area (Å²) in [6.07, 6.45) is 0.0352. The van der Waals surface area contributed by atoms with Crippen LogP contribution in [0.25, 0.3) is 11.1 Å². The van der Waals surface area contributed by atoms with E-state index in [9.17, 15) is 19.8 Å². The van der Waals surface area contributed by atoms with Crippen LogP contribution in [0.5, 0.6) is 0 Å². The van der Waals surface area contributed by atoms with Crippen LogP contribution in [0.1, 0.15) is 50.3 Å². The molecule has 4 N–H and O–H groups in total. The Morgan fingerprint density at radius 3 is 2.50 bits per heavy atom. The molecule has 2 aliphatic rings. The van der Waals surface area contributed by atoms with Crippen LogP contribution in [-0.4, -0.2) is 57.6 Å². The normalized spacial score (nSPS) is 18.9. The van der Waals surface area contributed by atoms with Gasteiger partial charge in [-0.25, -0.2) is 0 Å². The fourth-order valence-electron chi connectivity index (χ4n) is 4.96. The van der Waals surface area contributed by atoms with Crippen molar-refractivity contribution in [2.45, 2.75) is 57.7 Å². The average Bonchev–Trinajstić information content (AvgIpc) is 3.44. The summed E-state index contributed by atoms with van der Waals surface area (Å²) in [7, 11) is 0. The summed E-state index contributed by atoms with van der Waals surface area (Å²) in [5.41, 5.74) is 4.91. The lowest BCUT2D eigenvalue weighted by Gasteiger charge is -2.40. The summed E-state index contributed by atoms with van der Waals surface area (Å²) in [5, 5.41) is 32.0. The van der Waals surface area contributed by atoms with Crippen LogP contribution >= 0.6 is 11.8 Å². The molecule has 1 heterocycles. The van der Waals surface area contributed by atoms with E-state index < -0.39 is 29.7 Å². The zero-order valence-corrected chi connectivity index (χ0v) is 21.7. The second-order valence-corrected chi connectivity index (χ2v) is 11.5. The van der Waals surface area contributed by atoms with E-state index in [-0.39, 0.29) is 5.91 Å². The maximum atomic E-state index is 13.0. The van der Waals surface area contributed by atoms with Crippen molar-refractivity contribution in [2.24, 2.45) is 5.41 Å². The summed E-state index contributed by atoms with van der Waals surface area (Å²) < 4.78 is 0. The minimum Gasteiger partial charge on any atom is -0.480 e. The molecule has 1 aliphatic heterocycles. The number of rotatable bonds is 8. The molecule has 1 saturated heterocycles. The van der Waals surface area contributed by atoms with Crippen LogP contribution in [0.2, 0.25) is 0 Å². The molecule has 0 spiro atoms. The number of aliphatic hydroxyl groups is 1. The number of hydrogen-bond donors (Lipinski definition) is 4. The van der Waals surface area contributed by atoms with E-state index in [0.717, 1.165) is 27.8 Å². The highest BCUT2D eigenvalue weighted by Crippen LogP contribution is 2.37. The largest absolute Gasteiger partial charge is 0.480 e. The summed E-state index contributed by atoms with van der Waals surface area (Å²) in [6, 6.07) is 12.5. The van der Waals surface area contributed by atoms with Gasteiger partial charge >= 0.3 is 5.97 Å². The average molecular weight is 508 g/mol. The van der Waals surface area contributed by atoms with Crippen molar-refractivity contribution in [2.75, 3.05) is 6.54 Å². The van der Waals surface area contributed by atoms with Gasteiger partial charge in [-0.15, -0.1) is 11.8 Å². The Morgan fingerprint density at radius 2 is 1.83 bits per heavy atom. The number of benzene rings is 2. The van der Waals surface area contributed by atoms with Crippen molar-refractivity contribution < 1.29 is 19.8 Å². The molecule has 3 atom stereocenters. The third-order valence-corrected chi connectivity index (χ3v) is 7.95. The second-order valence-electron chi connectivity index (χ2n) is 10.5. The SMILES string of the molecule is C=C(SCc1ccc2c(c1)C(=N)c1ccccc1-2)C(=O)N[C@H](C(O)N1CCCC1C(=O)O)C(C)(C)C. The molecule has 0 aromatic heterocycles. The lowest BCUT2D eigenvalue weighted by atomic mass is 9.85. The van der Waals surface area contributed by atoms with Gasteiger partial charge in [-0.05, 0) is 41.0 Å². The topological polar surface area (TPSA) is 114 Å². The van der Waals surface area contributed by atoms with Crippen LogP contribution in [0.15, 0.2) is 53.9 Å². The number of aliphatic carboxylic acids is 1. The number of hydrogen-bond acceptors (Lipinski definition) is 6. The Bertz CT molecular complexity index is 1220. The van der Waals surface area contributed by atoms with Gasteiger partial charge in [0.1, 0.15) is 12.3 Å². The zero-order valence-electron chi connectivity index (χ0n) is 20.9. The number of carboxylic acids is 1. The van der Waals surface area contributed by atoms with Crippen molar-refractivity contribution in [1.82, 2.24) is 10.2 Å². The molecule has 0 saturated carbocycles.